The van der Waals surface area contributed by atoms with Gasteiger partial charge in [-0.15, -0.1) is 0 Å². The Bertz CT molecular complexity index is 235. The monoisotopic (exact) mass is 255 g/mol. The van der Waals surface area contributed by atoms with E-state index in [0.717, 1.165) is 6.54 Å². The Labute approximate surface area is 114 Å². The van der Waals surface area contributed by atoms with E-state index in [4.69, 9.17) is 0 Å². The Balaban J connectivity index is 2.55. The lowest BCUT2D eigenvalue weighted by Gasteiger charge is -2.46. The fourth-order valence-corrected chi connectivity index (χ4v) is 2.70. The molecule has 1 saturated heterocycles. The van der Waals surface area contributed by atoms with Crippen LogP contribution in [-0.2, 0) is 0 Å². The number of piperazine rings is 1. The highest BCUT2D eigenvalue weighted by Crippen LogP contribution is 2.17. The molecule has 1 aliphatic heterocycles. The standard InChI is InChI=1S/C15H33N3/c1-8-14(9-16-15(4,5)6)18-10-12(2)17(7)13(3)11-18/h12-14,16H,8-11H2,1-7H3. The Kier molecular flexibility index (Phi) is 5.63. The molecule has 0 radical (unpaired) electrons. The fourth-order valence-electron chi connectivity index (χ4n) is 2.70. The second kappa shape index (κ2) is 6.36. The molecule has 1 aliphatic rings. The van der Waals surface area contributed by atoms with Gasteiger partial charge in [0.25, 0.3) is 0 Å². The van der Waals surface area contributed by atoms with E-state index in [1.54, 1.807) is 0 Å². The molecule has 3 atom stereocenters. The van der Waals surface area contributed by atoms with Crippen LogP contribution in [0.3, 0.4) is 0 Å². The van der Waals surface area contributed by atoms with Crippen LogP contribution in [0.5, 0.6) is 0 Å². The summed E-state index contributed by atoms with van der Waals surface area (Å²) in [6, 6.07) is 2.00. The number of rotatable bonds is 4. The summed E-state index contributed by atoms with van der Waals surface area (Å²) in [4.78, 5) is 5.18. The second-order valence-electron chi connectivity index (χ2n) is 7.01. The molecular formula is C15H33N3. The Morgan fingerprint density at radius 3 is 2.06 bits per heavy atom. The molecule has 0 spiro atoms. The minimum absolute atomic E-state index is 0.219. The zero-order chi connectivity index (χ0) is 13.9. The smallest absolute Gasteiger partial charge is 0.0219 e. The summed E-state index contributed by atoms with van der Waals surface area (Å²) >= 11 is 0. The molecule has 3 heteroatoms. The van der Waals surface area contributed by atoms with Crippen LogP contribution in [-0.4, -0.2) is 60.1 Å². The van der Waals surface area contributed by atoms with Gasteiger partial charge in [0.2, 0.25) is 0 Å². The summed E-state index contributed by atoms with van der Waals surface area (Å²) in [5.74, 6) is 0. The fraction of sp³-hybridized carbons (Fsp3) is 1.00. The largest absolute Gasteiger partial charge is 0.311 e. The lowest BCUT2D eigenvalue weighted by molar-refractivity contribution is 0.0310. The van der Waals surface area contributed by atoms with E-state index >= 15 is 0 Å². The average molecular weight is 255 g/mol. The molecule has 0 aliphatic carbocycles. The van der Waals surface area contributed by atoms with E-state index in [9.17, 15) is 0 Å². The molecule has 108 valence electrons. The van der Waals surface area contributed by atoms with Crippen LogP contribution in [0.4, 0.5) is 0 Å². The molecular weight excluding hydrogens is 222 g/mol. The predicted molar refractivity (Wildman–Crippen MR) is 80.1 cm³/mol. The van der Waals surface area contributed by atoms with Gasteiger partial charge >= 0.3 is 0 Å². The van der Waals surface area contributed by atoms with E-state index in [2.05, 4.69) is 63.7 Å². The van der Waals surface area contributed by atoms with Gasteiger partial charge in [0.15, 0.2) is 0 Å². The zero-order valence-electron chi connectivity index (χ0n) is 13.5. The summed E-state index contributed by atoms with van der Waals surface area (Å²) in [5.41, 5.74) is 0.219. The molecule has 1 N–H and O–H groups in total. The SMILES string of the molecule is CCC(CNC(C)(C)C)N1CC(C)N(C)C(C)C1. The normalized spacial score (nSPS) is 29.5. The molecule has 3 unspecified atom stereocenters. The van der Waals surface area contributed by atoms with Crippen LogP contribution in [0.2, 0.25) is 0 Å². The highest BCUT2D eigenvalue weighted by Gasteiger charge is 2.30. The van der Waals surface area contributed by atoms with E-state index in [-0.39, 0.29) is 5.54 Å². The third-order valence-corrected chi connectivity index (χ3v) is 4.24. The molecule has 0 aromatic carbocycles. The Hall–Kier alpha value is -0.120. The van der Waals surface area contributed by atoms with Gasteiger partial charge in [-0.3, -0.25) is 9.80 Å². The first kappa shape index (κ1) is 15.9. The van der Waals surface area contributed by atoms with Crippen molar-refractivity contribution in [2.75, 3.05) is 26.7 Å². The number of likely N-dealkylation sites (N-methyl/N-ethyl adjacent to an activating group) is 1. The maximum atomic E-state index is 3.66. The highest BCUT2D eigenvalue weighted by atomic mass is 15.3. The number of nitrogens with one attached hydrogen (secondary N) is 1. The molecule has 18 heavy (non-hydrogen) atoms. The van der Waals surface area contributed by atoms with E-state index in [1.165, 1.54) is 19.5 Å². The molecule has 0 saturated carbocycles. The quantitative estimate of drug-likeness (QED) is 0.831. The molecule has 1 rings (SSSR count). The highest BCUT2D eigenvalue weighted by molar-refractivity contribution is 4.87. The first-order valence-electron chi connectivity index (χ1n) is 7.45. The van der Waals surface area contributed by atoms with E-state index in [1.807, 2.05) is 0 Å². The lowest BCUT2D eigenvalue weighted by Crippen LogP contribution is -2.59. The summed E-state index contributed by atoms with van der Waals surface area (Å²) < 4.78 is 0. The van der Waals surface area contributed by atoms with Crippen LogP contribution in [0.15, 0.2) is 0 Å². The van der Waals surface area contributed by atoms with Crippen LogP contribution in [0, 0.1) is 0 Å². The van der Waals surface area contributed by atoms with Gasteiger partial charge in [-0.05, 0) is 48.1 Å². The molecule has 1 fully saturated rings. The summed E-state index contributed by atoms with van der Waals surface area (Å²) in [5, 5.41) is 3.66. The van der Waals surface area contributed by atoms with Crippen LogP contribution in [0.25, 0.3) is 0 Å². The maximum absolute atomic E-state index is 3.66. The Morgan fingerprint density at radius 1 is 1.17 bits per heavy atom. The average Bonchev–Trinajstić information content (AvgIpc) is 2.25. The van der Waals surface area contributed by atoms with Gasteiger partial charge in [-0.25, -0.2) is 0 Å². The third-order valence-electron chi connectivity index (χ3n) is 4.24. The first-order valence-corrected chi connectivity index (χ1v) is 7.45. The number of hydrogen-bond acceptors (Lipinski definition) is 3. The van der Waals surface area contributed by atoms with Gasteiger partial charge in [-0.1, -0.05) is 6.92 Å². The van der Waals surface area contributed by atoms with Crippen molar-refractivity contribution in [3.63, 3.8) is 0 Å². The van der Waals surface area contributed by atoms with Gasteiger partial charge in [-0.2, -0.15) is 0 Å². The lowest BCUT2D eigenvalue weighted by atomic mass is 10.0. The third kappa shape index (κ3) is 4.52. The topological polar surface area (TPSA) is 18.5 Å². The van der Waals surface area contributed by atoms with Crippen molar-refractivity contribution in [1.29, 1.82) is 0 Å². The first-order chi connectivity index (χ1) is 8.24. The number of nitrogens with zero attached hydrogens (tertiary/aromatic N) is 2. The molecule has 0 bridgehead atoms. The minimum atomic E-state index is 0.219. The van der Waals surface area contributed by atoms with Gasteiger partial charge in [0.05, 0.1) is 0 Å². The maximum Gasteiger partial charge on any atom is 0.0219 e. The molecule has 0 aromatic rings. The zero-order valence-corrected chi connectivity index (χ0v) is 13.5. The summed E-state index contributed by atoms with van der Waals surface area (Å²) in [7, 11) is 2.25. The van der Waals surface area contributed by atoms with Crippen molar-refractivity contribution in [1.82, 2.24) is 15.1 Å². The van der Waals surface area contributed by atoms with Crippen molar-refractivity contribution >= 4 is 0 Å². The van der Waals surface area contributed by atoms with Crippen molar-refractivity contribution in [3.8, 4) is 0 Å². The van der Waals surface area contributed by atoms with Crippen molar-refractivity contribution in [2.45, 2.75) is 71.6 Å². The molecule has 0 amide bonds. The number of hydrogen-bond donors (Lipinski definition) is 1. The van der Waals surface area contributed by atoms with E-state index < -0.39 is 0 Å². The van der Waals surface area contributed by atoms with Gasteiger partial charge < -0.3 is 5.32 Å². The van der Waals surface area contributed by atoms with E-state index in [0.29, 0.717) is 18.1 Å². The summed E-state index contributed by atoms with van der Waals surface area (Å²) in [6.07, 6.45) is 1.23. The van der Waals surface area contributed by atoms with Crippen molar-refractivity contribution < 1.29 is 0 Å². The van der Waals surface area contributed by atoms with Crippen LogP contribution >= 0.6 is 0 Å². The van der Waals surface area contributed by atoms with Crippen LogP contribution in [0.1, 0.15) is 48.0 Å². The van der Waals surface area contributed by atoms with Gasteiger partial charge in [0, 0.05) is 43.3 Å². The predicted octanol–water partition coefficient (Wildman–Crippen LogP) is 2.18. The Morgan fingerprint density at radius 2 is 1.67 bits per heavy atom. The molecule has 1 heterocycles. The summed E-state index contributed by atoms with van der Waals surface area (Å²) in [6.45, 7) is 17.2. The van der Waals surface area contributed by atoms with Crippen molar-refractivity contribution in [2.24, 2.45) is 0 Å². The van der Waals surface area contributed by atoms with Crippen molar-refractivity contribution in [3.05, 3.63) is 0 Å². The minimum Gasteiger partial charge on any atom is -0.311 e. The van der Waals surface area contributed by atoms with Gasteiger partial charge in [0.1, 0.15) is 0 Å². The molecule has 3 nitrogen and oxygen atoms in total. The van der Waals surface area contributed by atoms with Crippen LogP contribution < -0.4 is 5.32 Å². The molecule has 0 aromatic heterocycles. The second-order valence-corrected chi connectivity index (χ2v) is 7.01.